The summed E-state index contributed by atoms with van der Waals surface area (Å²) in [5.41, 5.74) is 0. The smallest absolute Gasteiger partial charge is 0.326 e. The van der Waals surface area contributed by atoms with Gasteiger partial charge in [-0.2, -0.15) is 4.72 Å². The Balaban J connectivity index is 2.10. The van der Waals surface area contributed by atoms with Crippen LogP contribution >= 0.6 is 0 Å². The number of carbonyl (C=O) groups excluding carboxylic acids is 1. The van der Waals surface area contributed by atoms with Crippen LogP contribution in [-0.2, 0) is 19.6 Å². The normalized spacial score (nSPS) is 19.9. The molecule has 120 valence electrons. The first-order valence-corrected chi connectivity index (χ1v) is 8.42. The second kappa shape index (κ2) is 6.45. The summed E-state index contributed by atoms with van der Waals surface area (Å²) in [5.74, 6) is -1.59. The SMILES string of the molecule is C[C@H](NS(=O)(=O)c1ccccc1)C(=O)N1CCC[C@H]1C(=O)O. The number of nitrogens with one attached hydrogen (secondary N) is 1. The average Bonchev–Trinajstić information content (AvgIpc) is 2.96. The zero-order chi connectivity index (χ0) is 16.3. The van der Waals surface area contributed by atoms with Crippen LogP contribution < -0.4 is 4.72 Å². The van der Waals surface area contributed by atoms with E-state index < -0.39 is 34.0 Å². The number of carboxylic acid groups (broad SMARTS) is 1. The summed E-state index contributed by atoms with van der Waals surface area (Å²) < 4.78 is 26.7. The maximum Gasteiger partial charge on any atom is 0.326 e. The molecule has 0 unspecified atom stereocenters. The van der Waals surface area contributed by atoms with E-state index in [1.807, 2.05) is 0 Å². The highest BCUT2D eigenvalue weighted by Gasteiger charge is 2.36. The van der Waals surface area contributed by atoms with Gasteiger partial charge in [-0.1, -0.05) is 18.2 Å². The fraction of sp³-hybridized carbons (Fsp3) is 0.429. The molecule has 8 heteroatoms. The number of likely N-dealkylation sites (tertiary alicyclic amines) is 1. The van der Waals surface area contributed by atoms with E-state index in [1.165, 1.54) is 24.0 Å². The van der Waals surface area contributed by atoms with Crippen LogP contribution in [0.1, 0.15) is 19.8 Å². The summed E-state index contributed by atoms with van der Waals surface area (Å²) in [6.45, 7) is 1.74. The van der Waals surface area contributed by atoms with E-state index in [9.17, 15) is 18.0 Å². The van der Waals surface area contributed by atoms with Gasteiger partial charge >= 0.3 is 5.97 Å². The van der Waals surface area contributed by atoms with Crippen LogP contribution in [0.15, 0.2) is 35.2 Å². The lowest BCUT2D eigenvalue weighted by Gasteiger charge is -2.25. The number of hydrogen-bond donors (Lipinski definition) is 2. The second-order valence-corrected chi connectivity index (χ2v) is 6.90. The van der Waals surface area contributed by atoms with Gasteiger partial charge < -0.3 is 10.0 Å². The van der Waals surface area contributed by atoms with E-state index in [0.717, 1.165) is 0 Å². The maximum absolute atomic E-state index is 12.3. The minimum Gasteiger partial charge on any atom is -0.480 e. The first-order chi connectivity index (χ1) is 10.3. The van der Waals surface area contributed by atoms with Crippen molar-refractivity contribution in [3.63, 3.8) is 0 Å². The molecule has 0 aliphatic carbocycles. The number of aliphatic carboxylic acids is 1. The zero-order valence-corrected chi connectivity index (χ0v) is 12.9. The Morgan fingerprint density at radius 1 is 1.32 bits per heavy atom. The molecule has 1 aromatic carbocycles. The molecule has 0 aromatic heterocycles. The molecule has 7 nitrogen and oxygen atoms in total. The second-order valence-electron chi connectivity index (χ2n) is 5.18. The number of benzene rings is 1. The van der Waals surface area contributed by atoms with Gasteiger partial charge in [0.1, 0.15) is 6.04 Å². The molecule has 0 radical (unpaired) electrons. The van der Waals surface area contributed by atoms with Crippen LogP contribution in [0.25, 0.3) is 0 Å². The summed E-state index contributed by atoms with van der Waals surface area (Å²) in [5, 5.41) is 9.09. The molecule has 0 bridgehead atoms. The van der Waals surface area contributed by atoms with Crippen LogP contribution in [0.2, 0.25) is 0 Å². The molecule has 2 N–H and O–H groups in total. The molecule has 1 aliphatic heterocycles. The van der Waals surface area contributed by atoms with Gasteiger partial charge in [-0.15, -0.1) is 0 Å². The average molecular weight is 326 g/mol. The van der Waals surface area contributed by atoms with Gasteiger partial charge in [0.05, 0.1) is 10.9 Å². The van der Waals surface area contributed by atoms with Crippen molar-refractivity contribution < 1.29 is 23.1 Å². The molecular formula is C14H18N2O5S. The van der Waals surface area contributed by atoms with Gasteiger partial charge in [-0.25, -0.2) is 13.2 Å². The highest BCUT2D eigenvalue weighted by atomic mass is 32.2. The van der Waals surface area contributed by atoms with Crippen molar-refractivity contribution in [1.29, 1.82) is 0 Å². The van der Waals surface area contributed by atoms with E-state index in [2.05, 4.69) is 4.72 Å². The molecule has 1 saturated heterocycles. The Labute approximate surface area is 129 Å². The minimum atomic E-state index is -3.82. The first kappa shape index (κ1) is 16.4. The summed E-state index contributed by atoms with van der Waals surface area (Å²) in [7, 11) is -3.82. The molecule has 1 aromatic rings. The van der Waals surface area contributed by atoms with Crippen molar-refractivity contribution in [2.75, 3.05) is 6.54 Å². The van der Waals surface area contributed by atoms with E-state index >= 15 is 0 Å². The topological polar surface area (TPSA) is 104 Å². The Bertz CT molecular complexity index is 659. The highest BCUT2D eigenvalue weighted by Crippen LogP contribution is 2.19. The standard InChI is InChI=1S/C14H18N2O5S/c1-10(13(17)16-9-5-8-12(16)14(18)19)15-22(20,21)11-6-3-2-4-7-11/h2-4,6-7,10,12,15H,5,8-9H2,1H3,(H,18,19)/t10-,12-/m0/s1. The molecule has 1 aliphatic rings. The molecule has 1 fully saturated rings. The lowest BCUT2D eigenvalue weighted by atomic mass is 10.2. The van der Waals surface area contributed by atoms with Crippen LogP contribution in [0.4, 0.5) is 0 Å². The Morgan fingerprint density at radius 2 is 1.95 bits per heavy atom. The van der Waals surface area contributed by atoms with Gasteiger partial charge in [0, 0.05) is 6.54 Å². The third kappa shape index (κ3) is 3.45. The fourth-order valence-corrected chi connectivity index (χ4v) is 3.70. The molecule has 22 heavy (non-hydrogen) atoms. The van der Waals surface area contributed by atoms with Gasteiger partial charge in [-0.3, -0.25) is 4.79 Å². The number of carboxylic acids is 1. The highest BCUT2D eigenvalue weighted by molar-refractivity contribution is 7.89. The van der Waals surface area contributed by atoms with Crippen molar-refractivity contribution in [2.45, 2.75) is 36.7 Å². The largest absolute Gasteiger partial charge is 0.480 e. The molecule has 2 atom stereocenters. The van der Waals surface area contributed by atoms with Crippen LogP contribution in [0, 0.1) is 0 Å². The number of nitrogens with zero attached hydrogens (tertiary/aromatic N) is 1. The third-order valence-electron chi connectivity index (χ3n) is 3.58. The van der Waals surface area contributed by atoms with E-state index in [-0.39, 0.29) is 4.90 Å². The van der Waals surface area contributed by atoms with Gasteiger partial charge in [0.15, 0.2) is 0 Å². The van der Waals surface area contributed by atoms with Crippen molar-refractivity contribution in [1.82, 2.24) is 9.62 Å². The first-order valence-electron chi connectivity index (χ1n) is 6.93. The molecule has 1 amide bonds. The molecule has 0 saturated carbocycles. The predicted molar refractivity (Wildman–Crippen MR) is 78.6 cm³/mol. The molecule has 2 rings (SSSR count). The number of sulfonamides is 1. The molecule has 0 spiro atoms. The van der Waals surface area contributed by atoms with Gasteiger partial charge in [-0.05, 0) is 31.9 Å². The summed E-state index contributed by atoms with van der Waals surface area (Å²) in [6.07, 6.45) is 0.986. The number of carbonyl (C=O) groups is 2. The van der Waals surface area contributed by atoms with Crippen molar-refractivity contribution in [3.8, 4) is 0 Å². The van der Waals surface area contributed by atoms with Crippen molar-refractivity contribution in [2.24, 2.45) is 0 Å². The monoisotopic (exact) mass is 326 g/mol. The Kier molecular flexibility index (Phi) is 4.82. The minimum absolute atomic E-state index is 0.0610. The van der Waals surface area contributed by atoms with Crippen LogP contribution in [0.5, 0.6) is 0 Å². The van der Waals surface area contributed by atoms with Gasteiger partial charge in [0.2, 0.25) is 15.9 Å². The zero-order valence-electron chi connectivity index (χ0n) is 12.1. The van der Waals surface area contributed by atoms with Crippen LogP contribution in [-0.4, -0.2) is 48.9 Å². The van der Waals surface area contributed by atoms with E-state index in [0.29, 0.717) is 19.4 Å². The lowest BCUT2D eigenvalue weighted by molar-refractivity contribution is -0.148. The third-order valence-corrected chi connectivity index (χ3v) is 5.13. The molecular weight excluding hydrogens is 308 g/mol. The van der Waals surface area contributed by atoms with E-state index in [1.54, 1.807) is 18.2 Å². The Morgan fingerprint density at radius 3 is 2.55 bits per heavy atom. The number of amides is 1. The van der Waals surface area contributed by atoms with Crippen molar-refractivity contribution >= 4 is 21.9 Å². The van der Waals surface area contributed by atoms with E-state index in [4.69, 9.17) is 5.11 Å². The van der Waals surface area contributed by atoms with Crippen LogP contribution in [0.3, 0.4) is 0 Å². The lowest BCUT2D eigenvalue weighted by Crippen LogP contribution is -2.50. The summed E-state index contributed by atoms with van der Waals surface area (Å²) in [4.78, 5) is 24.7. The van der Waals surface area contributed by atoms with Crippen molar-refractivity contribution in [3.05, 3.63) is 30.3 Å². The molecule has 1 heterocycles. The quantitative estimate of drug-likeness (QED) is 0.816. The number of rotatable bonds is 5. The fourth-order valence-electron chi connectivity index (χ4n) is 2.49. The Hall–Kier alpha value is -1.93. The summed E-state index contributed by atoms with van der Waals surface area (Å²) >= 11 is 0. The number of hydrogen-bond acceptors (Lipinski definition) is 4. The van der Waals surface area contributed by atoms with Gasteiger partial charge in [0.25, 0.3) is 0 Å². The maximum atomic E-state index is 12.3. The predicted octanol–water partition coefficient (Wildman–Crippen LogP) is 0.429. The summed E-state index contributed by atoms with van der Waals surface area (Å²) in [6, 6.07) is 5.81.